The second-order valence-corrected chi connectivity index (χ2v) is 7.47. The quantitative estimate of drug-likeness (QED) is 0.700. The summed E-state index contributed by atoms with van der Waals surface area (Å²) < 4.78 is 1.86. The predicted molar refractivity (Wildman–Crippen MR) is 115 cm³/mol. The van der Waals surface area contributed by atoms with Crippen LogP contribution in [0, 0.1) is 13.8 Å². The van der Waals surface area contributed by atoms with Gasteiger partial charge in [-0.1, -0.05) is 42.5 Å². The topological polar surface area (TPSA) is 62.2 Å². The van der Waals surface area contributed by atoms with Crippen LogP contribution in [0.5, 0.6) is 0 Å². The first-order valence-electron chi connectivity index (χ1n) is 10.1. The van der Waals surface area contributed by atoms with Crippen molar-refractivity contribution < 1.29 is 4.79 Å². The summed E-state index contributed by atoms with van der Waals surface area (Å²) in [6, 6.07) is 18.3. The Kier molecular flexibility index (Phi) is 5.62. The third kappa shape index (κ3) is 4.32. The van der Waals surface area contributed by atoms with E-state index in [2.05, 4.69) is 44.9 Å². The van der Waals surface area contributed by atoms with Gasteiger partial charge >= 0.3 is 6.03 Å². The molecule has 2 heterocycles. The lowest BCUT2D eigenvalue weighted by Crippen LogP contribution is -2.39. The Hall–Kier alpha value is -3.12. The van der Waals surface area contributed by atoms with Crippen LogP contribution < -0.4 is 10.6 Å². The van der Waals surface area contributed by atoms with E-state index in [0.717, 1.165) is 48.8 Å². The molecule has 1 aromatic heterocycles. The highest BCUT2D eigenvalue weighted by Crippen LogP contribution is 2.22. The number of nitrogens with one attached hydrogen (secondary N) is 2. The van der Waals surface area contributed by atoms with Crippen molar-refractivity contribution in [1.82, 2.24) is 20.0 Å². The van der Waals surface area contributed by atoms with Gasteiger partial charge in [0.25, 0.3) is 0 Å². The number of fused-ring (bicyclic) bond motifs is 1. The summed E-state index contributed by atoms with van der Waals surface area (Å²) in [6.07, 6.45) is 1.07. The number of nitrogens with zero attached hydrogens (tertiary/aromatic N) is 3. The number of para-hydroxylation sites is 1. The number of carbonyl (C=O) groups is 1. The van der Waals surface area contributed by atoms with Crippen LogP contribution in [0.4, 0.5) is 10.5 Å². The van der Waals surface area contributed by atoms with E-state index in [9.17, 15) is 4.79 Å². The third-order valence-corrected chi connectivity index (χ3v) is 5.45. The van der Waals surface area contributed by atoms with Crippen molar-refractivity contribution >= 4 is 11.7 Å². The smallest absolute Gasteiger partial charge is 0.319 e. The van der Waals surface area contributed by atoms with Crippen molar-refractivity contribution in [2.75, 3.05) is 25.0 Å². The maximum Gasteiger partial charge on any atom is 0.319 e. The zero-order valence-corrected chi connectivity index (χ0v) is 17.0. The van der Waals surface area contributed by atoms with Crippen LogP contribution >= 0.6 is 0 Å². The molecule has 0 radical (unpaired) electrons. The molecular formula is C23H27N5O. The average molecular weight is 390 g/mol. The van der Waals surface area contributed by atoms with Crippen molar-refractivity contribution in [2.45, 2.75) is 26.8 Å². The van der Waals surface area contributed by atoms with Crippen LogP contribution in [-0.4, -0.2) is 40.3 Å². The summed E-state index contributed by atoms with van der Waals surface area (Å²) in [5.41, 5.74) is 6.29. The van der Waals surface area contributed by atoms with Gasteiger partial charge in [0.05, 0.1) is 22.8 Å². The van der Waals surface area contributed by atoms with Crippen molar-refractivity contribution in [3.8, 4) is 5.69 Å². The van der Waals surface area contributed by atoms with E-state index in [4.69, 9.17) is 0 Å². The average Bonchev–Trinajstić information content (AvgIpc) is 3.02. The normalized spacial score (nSPS) is 13.7. The van der Waals surface area contributed by atoms with Crippen LogP contribution in [0.15, 0.2) is 54.6 Å². The molecule has 4 rings (SSSR count). The SMILES string of the molecule is Cc1nn(-c2ccccc2)c(C)c1NC(=O)NCCN1CCc2ccccc2C1. The fourth-order valence-corrected chi connectivity index (χ4v) is 3.87. The fraction of sp³-hybridized carbons (Fsp3) is 0.304. The molecule has 29 heavy (non-hydrogen) atoms. The summed E-state index contributed by atoms with van der Waals surface area (Å²) in [7, 11) is 0. The number of anilines is 1. The van der Waals surface area contributed by atoms with E-state index in [-0.39, 0.29) is 6.03 Å². The maximum atomic E-state index is 12.4. The zero-order chi connectivity index (χ0) is 20.2. The molecule has 6 heteroatoms. The Labute approximate surface area is 171 Å². The number of amides is 2. The van der Waals surface area contributed by atoms with Gasteiger partial charge in [-0.3, -0.25) is 4.90 Å². The van der Waals surface area contributed by atoms with Gasteiger partial charge in [0.1, 0.15) is 0 Å². The molecule has 0 aliphatic carbocycles. The number of aromatic nitrogens is 2. The number of benzene rings is 2. The third-order valence-electron chi connectivity index (χ3n) is 5.45. The van der Waals surface area contributed by atoms with E-state index >= 15 is 0 Å². The highest BCUT2D eigenvalue weighted by atomic mass is 16.2. The largest absolute Gasteiger partial charge is 0.337 e. The van der Waals surface area contributed by atoms with Gasteiger partial charge in [-0.25, -0.2) is 9.48 Å². The summed E-state index contributed by atoms with van der Waals surface area (Å²) in [5, 5.41) is 10.5. The monoisotopic (exact) mass is 389 g/mol. The van der Waals surface area contributed by atoms with Gasteiger partial charge in [-0.05, 0) is 43.5 Å². The van der Waals surface area contributed by atoms with Crippen molar-refractivity contribution in [2.24, 2.45) is 0 Å². The lowest BCUT2D eigenvalue weighted by Gasteiger charge is -2.28. The van der Waals surface area contributed by atoms with E-state index in [1.165, 1.54) is 11.1 Å². The highest BCUT2D eigenvalue weighted by molar-refractivity contribution is 5.90. The second kappa shape index (κ2) is 8.49. The molecule has 0 saturated heterocycles. The van der Waals surface area contributed by atoms with Gasteiger partial charge in [0.15, 0.2) is 0 Å². The number of hydrogen-bond acceptors (Lipinski definition) is 3. The fourth-order valence-electron chi connectivity index (χ4n) is 3.87. The van der Waals surface area contributed by atoms with Crippen LogP contribution in [-0.2, 0) is 13.0 Å². The second-order valence-electron chi connectivity index (χ2n) is 7.47. The Morgan fingerprint density at radius 3 is 2.55 bits per heavy atom. The van der Waals surface area contributed by atoms with Gasteiger partial charge in [0.2, 0.25) is 0 Å². The molecule has 0 spiro atoms. The number of urea groups is 1. The van der Waals surface area contributed by atoms with E-state index in [1.54, 1.807) is 0 Å². The molecule has 1 aliphatic rings. The molecule has 150 valence electrons. The van der Waals surface area contributed by atoms with Crippen LogP contribution in [0.3, 0.4) is 0 Å². The Balaban J connectivity index is 1.31. The summed E-state index contributed by atoms with van der Waals surface area (Å²) in [6.45, 7) is 7.30. The minimum atomic E-state index is -0.193. The molecule has 3 aromatic rings. The van der Waals surface area contributed by atoms with Gasteiger partial charge in [-0.15, -0.1) is 0 Å². The molecular weight excluding hydrogens is 362 g/mol. The first-order valence-corrected chi connectivity index (χ1v) is 10.1. The Morgan fingerprint density at radius 2 is 1.76 bits per heavy atom. The van der Waals surface area contributed by atoms with Gasteiger partial charge in [-0.2, -0.15) is 5.10 Å². The van der Waals surface area contributed by atoms with Crippen LogP contribution in [0.2, 0.25) is 0 Å². The highest BCUT2D eigenvalue weighted by Gasteiger charge is 2.17. The molecule has 2 aromatic carbocycles. The summed E-state index contributed by atoms with van der Waals surface area (Å²) in [5.74, 6) is 0. The standard InChI is InChI=1S/C23H27N5O/c1-17-22(18(2)28(26-17)21-10-4-3-5-11-21)25-23(29)24-13-15-27-14-12-19-8-6-7-9-20(19)16-27/h3-11H,12-16H2,1-2H3,(H2,24,25,29). The van der Waals surface area contributed by atoms with Crippen molar-refractivity contribution in [3.05, 3.63) is 77.1 Å². The Morgan fingerprint density at radius 1 is 1.03 bits per heavy atom. The molecule has 1 aliphatic heterocycles. The molecule has 2 N–H and O–H groups in total. The number of aryl methyl sites for hydroxylation is 1. The minimum absolute atomic E-state index is 0.193. The van der Waals surface area contributed by atoms with Crippen LogP contribution in [0.1, 0.15) is 22.5 Å². The number of hydrogen-bond donors (Lipinski definition) is 2. The summed E-state index contributed by atoms with van der Waals surface area (Å²) in [4.78, 5) is 14.8. The molecule has 0 fully saturated rings. The Bertz CT molecular complexity index is 996. The zero-order valence-electron chi connectivity index (χ0n) is 17.0. The number of rotatable bonds is 5. The molecule has 0 saturated carbocycles. The molecule has 2 amide bonds. The van der Waals surface area contributed by atoms with Crippen LogP contribution in [0.25, 0.3) is 5.69 Å². The van der Waals surface area contributed by atoms with E-state index in [1.807, 2.05) is 48.9 Å². The lowest BCUT2D eigenvalue weighted by atomic mass is 10.00. The van der Waals surface area contributed by atoms with Gasteiger partial charge < -0.3 is 10.6 Å². The van der Waals surface area contributed by atoms with E-state index in [0.29, 0.717) is 6.54 Å². The van der Waals surface area contributed by atoms with Crippen molar-refractivity contribution in [1.29, 1.82) is 0 Å². The molecule has 6 nitrogen and oxygen atoms in total. The molecule has 0 bridgehead atoms. The minimum Gasteiger partial charge on any atom is -0.337 e. The first kappa shape index (κ1) is 19.2. The van der Waals surface area contributed by atoms with Gasteiger partial charge in [0, 0.05) is 26.2 Å². The molecule has 0 unspecified atom stereocenters. The lowest BCUT2D eigenvalue weighted by molar-refractivity contribution is 0.239. The molecule has 0 atom stereocenters. The number of carbonyl (C=O) groups excluding carboxylic acids is 1. The summed E-state index contributed by atoms with van der Waals surface area (Å²) >= 11 is 0. The van der Waals surface area contributed by atoms with E-state index < -0.39 is 0 Å². The predicted octanol–water partition coefficient (Wildman–Crippen LogP) is 3.67. The maximum absolute atomic E-state index is 12.4. The first-order chi connectivity index (χ1) is 14.1. The van der Waals surface area contributed by atoms with Crippen molar-refractivity contribution in [3.63, 3.8) is 0 Å².